The standard InChI is InChI=1S/C14H19FN4O/c1-18(7-11-2-4-12(15)5-3-11)9-14(20)10-19-8-13(16)6-17-19/h2-6,8,14,20H,7,9-10,16H2,1H3. The first-order valence-electron chi connectivity index (χ1n) is 6.42. The second kappa shape index (κ2) is 6.49. The normalized spacial score (nSPS) is 12.8. The Morgan fingerprint density at radius 2 is 2.10 bits per heavy atom. The van der Waals surface area contributed by atoms with Gasteiger partial charge in [-0.3, -0.25) is 9.58 Å². The van der Waals surface area contributed by atoms with Gasteiger partial charge in [0, 0.05) is 19.3 Å². The zero-order chi connectivity index (χ0) is 14.5. The van der Waals surface area contributed by atoms with Crippen molar-refractivity contribution in [3.63, 3.8) is 0 Å². The first kappa shape index (κ1) is 14.5. The lowest BCUT2D eigenvalue weighted by Crippen LogP contribution is -2.31. The fourth-order valence-corrected chi connectivity index (χ4v) is 2.08. The topological polar surface area (TPSA) is 67.3 Å². The van der Waals surface area contributed by atoms with Gasteiger partial charge in [0.2, 0.25) is 0 Å². The van der Waals surface area contributed by atoms with Gasteiger partial charge in [0.15, 0.2) is 0 Å². The van der Waals surface area contributed by atoms with Crippen LogP contribution in [0.15, 0.2) is 36.7 Å². The second-order valence-corrected chi connectivity index (χ2v) is 4.97. The number of rotatable bonds is 6. The molecule has 0 aliphatic carbocycles. The van der Waals surface area contributed by atoms with Crippen molar-refractivity contribution >= 4 is 5.69 Å². The van der Waals surface area contributed by atoms with Crippen LogP contribution >= 0.6 is 0 Å². The summed E-state index contributed by atoms with van der Waals surface area (Å²) < 4.78 is 14.4. The molecule has 0 saturated carbocycles. The summed E-state index contributed by atoms with van der Waals surface area (Å²) in [5, 5.41) is 14.0. The molecule has 20 heavy (non-hydrogen) atoms. The summed E-state index contributed by atoms with van der Waals surface area (Å²) in [5.74, 6) is -0.243. The Labute approximate surface area is 117 Å². The lowest BCUT2D eigenvalue weighted by Gasteiger charge is -2.20. The van der Waals surface area contributed by atoms with E-state index < -0.39 is 6.10 Å². The number of likely N-dealkylation sites (N-methyl/N-ethyl adjacent to an activating group) is 1. The van der Waals surface area contributed by atoms with E-state index in [1.807, 2.05) is 11.9 Å². The lowest BCUT2D eigenvalue weighted by atomic mass is 10.2. The first-order chi connectivity index (χ1) is 9.52. The highest BCUT2D eigenvalue weighted by molar-refractivity contribution is 5.30. The SMILES string of the molecule is CN(Cc1ccc(F)cc1)CC(O)Cn1cc(N)cn1. The summed E-state index contributed by atoms with van der Waals surface area (Å²) >= 11 is 0. The van der Waals surface area contributed by atoms with Crippen molar-refractivity contribution in [2.24, 2.45) is 0 Å². The van der Waals surface area contributed by atoms with E-state index >= 15 is 0 Å². The highest BCUT2D eigenvalue weighted by Crippen LogP contribution is 2.06. The minimum Gasteiger partial charge on any atom is -0.396 e. The zero-order valence-corrected chi connectivity index (χ0v) is 11.4. The Hall–Kier alpha value is -1.92. The molecular weight excluding hydrogens is 259 g/mol. The monoisotopic (exact) mass is 278 g/mol. The summed E-state index contributed by atoms with van der Waals surface area (Å²) in [6, 6.07) is 6.36. The van der Waals surface area contributed by atoms with Gasteiger partial charge in [0.05, 0.1) is 24.5 Å². The molecule has 6 heteroatoms. The average Bonchev–Trinajstić information content (AvgIpc) is 2.77. The Bertz CT molecular complexity index is 540. The third-order valence-corrected chi connectivity index (χ3v) is 2.94. The van der Waals surface area contributed by atoms with Crippen molar-refractivity contribution in [2.75, 3.05) is 19.3 Å². The van der Waals surface area contributed by atoms with E-state index in [0.29, 0.717) is 25.3 Å². The minimum atomic E-state index is -0.542. The highest BCUT2D eigenvalue weighted by atomic mass is 19.1. The number of aromatic nitrogens is 2. The van der Waals surface area contributed by atoms with Crippen molar-refractivity contribution in [1.29, 1.82) is 0 Å². The molecule has 0 saturated heterocycles. The van der Waals surface area contributed by atoms with Crippen LogP contribution < -0.4 is 5.73 Å². The van der Waals surface area contributed by atoms with Gasteiger partial charge in [-0.15, -0.1) is 0 Å². The number of aliphatic hydroxyl groups excluding tert-OH is 1. The molecule has 0 aliphatic heterocycles. The van der Waals surface area contributed by atoms with Crippen LogP contribution in [0.4, 0.5) is 10.1 Å². The summed E-state index contributed by atoms with van der Waals surface area (Å²) in [5.41, 5.74) is 7.15. The number of anilines is 1. The van der Waals surface area contributed by atoms with Gasteiger partial charge in [-0.2, -0.15) is 5.10 Å². The van der Waals surface area contributed by atoms with Crippen LogP contribution in [0.25, 0.3) is 0 Å². The number of aliphatic hydroxyl groups is 1. The molecular formula is C14H19FN4O. The van der Waals surface area contributed by atoms with E-state index in [9.17, 15) is 9.50 Å². The molecule has 2 aromatic rings. The largest absolute Gasteiger partial charge is 0.396 e. The van der Waals surface area contributed by atoms with Gasteiger partial charge >= 0.3 is 0 Å². The maximum absolute atomic E-state index is 12.8. The fraction of sp³-hybridized carbons (Fsp3) is 0.357. The average molecular weight is 278 g/mol. The van der Waals surface area contributed by atoms with E-state index in [0.717, 1.165) is 5.56 Å². The number of nitrogen functional groups attached to an aromatic ring is 1. The summed E-state index contributed by atoms with van der Waals surface area (Å²) in [6.07, 6.45) is 2.69. The third-order valence-electron chi connectivity index (χ3n) is 2.94. The molecule has 0 fully saturated rings. The molecule has 2 rings (SSSR count). The highest BCUT2D eigenvalue weighted by Gasteiger charge is 2.10. The van der Waals surface area contributed by atoms with Crippen molar-refractivity contribution in [3.05, 3.63) is 48.0 Å². The minimum absolute atomic E-state index is 0.243. The number of benzene rings is 1. The molecule has 0 radical (unpaired) electrons. The summed E-state index contributed by atoms with van der Waals surface area (Å²) in [6.45, 7) is 1.54. The van der Waals surface area contributed by atoms with Crippen molar-refractivity contribution in [3.8, 4) is 0 Å². The van der Waals surface area contributed by atoms with Crippen LogP contribution in [-0.4, -0.2) is 39.5 Å². The van der Waals surface area contributed by atoms with Crippen molar-refractivity contribution in [1.82, 2.24) is 14.7 Å². The Kier molecular flexibility index (Phi) is 4.70. The number of hydrogen-bond donors (Lipinski definition) is 2. The van der Waals surface area contributed by atoms with Crippen LogP contribution in [0.3, 0.4) is 0 Å². The Morgan fingerprint density at radius 1 is 1.40 bits per heavy atom. The molecule has 1 aromatic heterocycles. The lowest BCUT2D eigenvalue weighted by molar-refractivity contribution is 0.104. The maximum atomic E-state index is 12.8. The molecule has 1 unspecified atom stereocenters. The van der Waals surface area contributed by atoms with Gasteiger partial charge in [-0.25, -0.2) is 4.39 Å². The molecule has 0 aliphatic rings. The van der Waals surface area contributed by atoms with Crippen LogP contribution in [0.5, 0.6) is 0 Å². The van der Waals surface area contributed by atoms with Gasteiger partial charge < -0.3 is 10.8 Å². The van der Waals surface area contributed by atoms with Crippen LogP contribution in [0.2, 0.25) is 0 Å². The van der Waals surface area contributed by atoms with E-state index in [4.69, 9.17) is 5.73 Å². The van der Waals surface area contributed by atoms with Gasteiger partial charge in [0.25, 0.3) is 0 Å². The van der Waals surface area contributed by atoms with Crippen LogP contribution in [0.1, 0.15) is 5.56 Å². The summed E-state index contributed by atoms with van der Waals surface area (Å²) in [7, 11) is 1.91. The molecule has 3 N–H and O–H groups in total. The number of nitrogens with zero attached hydrogens (tertiary/aromatic N) is 3. The Morgan fingerprint density at radius 3 is 2.70 bits per heavy atom. The number of hydrogen-bond acceptors (Lipinski definition) is 4. The molecule has 5 nitrogen and oxygen atoms in total. The van der Waals surface area contributed by atoms with E-state index in [1.165, 1.54) is 12.1 Å². The predicted molar refractivity (Wildman–Crippen MR) is 75.4 cm³/mol. The molecule has 1 atom stereocenters. The van der Waals surface area contributed by atoms with E-state index in [2.05, 4.69) is 5.10 Å². The van der Waals surface area contributed by atoms with E-state index in [1.54, 1.807) is 29.2 Å². The molecule has 1 aromatic carbocycles. The van der Waals surface area contributed by atoms with E-state index in [-0.39, 0.29) is 5.82 Å². The first-order valence-corrected chi connectivity index (χ1v) is 6.42. The van der Waals surface area contributed by atoms with Gasteiger partial charge in [-0.05, 0) is 24.7 Å². The molecule has 1 heterocycles. The predicted octanol–water partition coefficient (Wildman–Crippen LogP) is 1.10. The summed E-state index contributed by atoms with van der Waals surface area (Å²) in [4.78, 5) is 1.98. The third kappa shape index (κ3) is 4.32. The number of halogens is 1. The molecule has 108 valence electrons. The van der Waals surface area contributed by atoms with Crippen molar-refractivity contribution in [2.45, 2.75) is 19.2 Å². The Balaban J connectivity index is 1.81. The van der Waals surface area contributed by atoms with Gasteiger partial charge in [-0.1, -0.05) is 12.1 Å². The quantitative estimate of drug-likeness (QED) is 0.830. The van der Waals surface area contributed by atoms with Crippen LogP contribution in [0, 0.1) is 5.82 Å². The molecule has 0 bridgehead atoms. The van der Waals surface area contributed by atoms with Gasteiger partial charge in [0.1, 0.15) is 5.82 Å². The second-order valence-electron chi connectivity index (χ2n) is 4.97. The van der Waals surface area contributed by atoms with Crippen molar-refractivity contribution < 1.29 is 9.50 Å². The number of nitrogens with two attached hydrogens (primary N) is 1. The fourth-order valence-electron chi connectivity index (χ4n) is 2.08. The van der Waals surface area contributed by atoms with Crippen LogP contribution in [-0.2, 0) is 13.1 Å². The molecule has 0 amide bonds. The maximum Gasteiger partial charge on any atom is 0.123 e. The smallest absolute Gasteiger partial charge is 0.123 e. The molecule has 0 spiro atoms. The zero-order valence-electron chi connectivity index (χ0n) is 11.4.